The maximum atomic E-state index is 12.4. The number of methoxy groups -OCH3 is 1. The van der Waals surface area contributed by atoms with E-state index < -0.39 is 0 Å². The molecule has 5 heteroatoms. The van der Waals surface area contributed by atoms with Crippen LogP contribution in [0.15, 0.2) is 72.8 Å². The number of carbonyl (C=O) groups excluding carboxylic acids is 1. The topological polar surface area (TPSA) is 38.8 Å². The first kappa shape index (κ1) is 24.7. The van der Waals surface area contributed by atoms with Gasteiger partial charge in [-0.25, -0.2) is 0 Å². The molecular formula is C28H32ClNO3. The van der Waals surface area contributed by atoms with Crippen molar-refractivity contribution in [2.45, 2.75) is 45.8 Å². The number of hydrogen-bond donors (Lipinski definition) is 0. The minimum Gasteiger partial charge on any atom is -0.496 e. The molecule has 0 aliphatic carbocycles. The number of carbonyl (C=O) groups is 1. The number of benzene rings is 3. The van der Waals surface area contributed by atoms with E-state index in [0.717, 1.165) is 34.6 Å². The van der Waals surface area contributed by atoms with E-state index in [2.05, 4.69) is 18.2 Å². The Kier molecular flexibility index (Phi) is 8.79. The molecule has 0 bridgehead atoms. The molecule has 4 nitrogen and oxygen atoms in total. The van der Waals surface area contributed by atoms with Gasteiger partial charge in [-0.2, -0.15) is 0 Å². The van der Waals surface area contributed by atoms with Gasteiger partial charge in [0.25, 0.3) is 0 Å². The molecule has 0 aliphatic heterocycles. The summed E-state index contributed by atoms with van der Waals surface area (Å²) in [4.78, 5) is 14.3. The van der Waals surface area contributed by atoms with E-state index in [4.69, 9.17) is 21.1 Å². The minimum absolute atomic E-state index is 0.0457. The summed E-state index contributed by atoms with van der Waals surface area (Å²) < 4.78 is 11.5. The molecule has 0 aliphatic rings. The van der Waals surface area contributed by atoms with Gasteiger partial charge in [0.05, 0.1) is 13.2 Å². The Bertz CT molecular complexity index is 1030. The first-order valence-electron chi connectivity index (χ1n) is 11.3. The second kappa shape index (κ2) is 11.8. The third-order valence-corrected chi connectivity index (χ3v) is 5.84. The zero-order chi connectivity index (χ0) is 23.8. The van der Waals surface area contributed by atoms with Crippen LogP contribution in [-0.4, -0.2) is 30.6 Å². The van der Waals surface area contributed by atoms with Gasteiger partial charge in [-0.3, -0.25) is 4.79 Å². The normalized spacial score (nSPS) is 11.8. The standard InChI is InChI=1S/C28H32ClNO3/c1-20(2)33-25-15-11-23(12-16-25)26(27-7-5-6-8-28(27)32-4)17-18-30(21(3)31)19-22-9-13-24(29)14-10-22/h5-16,20,26H,17-19H2,1-4H3/t26-/m1/s1. The number of rotatable bonds is 10. The van der Waals surface area contributed by atoms with Crippen LogP contribution in [-0.2, 0) is 11.3 Å². The largest absolute Gasteiger partial charge is 0.496 e. The molecule has 3 rings (SSSR count). The van der Waals surface area contributed by atoms with Crippen LogP contribution in [0.5, 0.6) is 11.5 Å². The van der Waals surface area contributed by atoms with Crippen LogP contribution in [0.2, 0.25) is 5.02 Å². The maximum absolute atomic E-state index is 12.4. The van der Waals surface area contributed by atoms with Crippen molar-refractivity contribution in [3.05, 3.63) is 94.5 Å². The SMILES string of the molecule is COc1ccccc1[C@H](CCN(Cc1ccc(Cl)cc1)C(C)=O)c1ccc(OC(C)C)cc1. The van der Waals surface area contributed by atoms with E-state index in [9.17, 15) is 4.79 Å². The van der Waals surface area contributed by atoms with Crippen molar-refractivity contribution < 1.29 is 14.3 Å². The summed E-state index contributed by atoms with van der Waals surface area (Å²) in [5, 5.41) is 0.689. The smallest absolute Gasteiger partial charge is 0.219 e. The monoisotopic (exact) mass is 465 g/mol. The second-order valence-electron chi connectivity index (χ2n) is 8.39. The molecule has 1 atom stereocenters. The lowest BCUT2D eigenvalue weighted by molar-refractivity contribution is -0.129. The van der Waals surface area contributed by atoms with Gasteiger partial charge in [-0.1, -0.05) is 54.1 Å². The molecule has 0 heterocycles. The van der Waals surface area contributed by atoms with Crippen molar-refractivity contribution in [3.8, 4) is 11.5 Å². The van der Waals surface area contributed by atoms with Crippen molar-refractivity contribution in [2.24, 2.45) is 0 Å². The maximum Gasteiger partial charge on any atom is 0.219 e. The van der Waals surface area contributed by atoms with E-state index in [1.54, 1.807) is 14.0 Å². The highest BCUT2D eigenvalue weighted by atomic mass is 35.5. The summed E-state index contributed by atoms with van der Waals surface area (Å²) >= 11 is 6.02. The van der Waals surface area contributed by atoms with E-state index in [1.165, 1.54) is 0 Å². The molecule has 0 saturated carbocycles. The van der Waals surface area contributed by atoms with Gasteiger partial charge >= 0.3 is 0 Å². The summed E-state index contributed by atoms with van der Waals surface area (Å²) in [7, 11) is 1.69. The Balaban J connectivity index is 1.85. The highest BCUT2D eigenvalue weighted by Gasteiger charge is 2.21. The van der Waals surface area contributed by atoms with Crippen molar-refractivity contribution in [1.29, 1.82) is 0 Å². The van der Waals surface area contributed by atoms with Gasteiger partial charge < -0.3 is 14.4 Å². The molecule has 3 aromatic carbocycles. The number of para-hydroxylation sites is 1. The fourth-order valence-electron chi connectivity index (χ4n) is 3.95. The summed E-state index contributed by atoms with van der Waals surface area (Å²) in [6.07, 6.45) is 0.885. The minimum atomic E-state index is 0.0457. The summed E-state index contributed by atoms with van der Waals surface area (Å²) in [5.74, 6) is 1.81. The molecule has 0 fully saturated rings. The molecule has 0 spiro atoms. The number of amides is 1. The van der Waals surface area contributed by atoms with Crippen LogP contribution in [0.4, 0.5) is 0 Å². The van der Waals surface area contributed by atoms with Gasteiger partial charge in [-0.05, 0) is 61.7 Å². The van der Waals surface area contributed by atoms with Gasteiger partial charge in [-0.15, -0.1) is 0 Å². The van der Waals surface area contributed by atoms with Crippen molar-refractivity contribution in [1.82, 2.24) is 4.90 Å². The van der Waals surface area contributed by atoms with E-state index >= 15 is 0 Å². The Morgan fingerprint density at radius 3 is 2.24 bits per heavy atom. The number of nitrogens with zero attached hydrogens (tertiary/aromatic N) is 1. The first-order chi connectivity index (χ1) is 15.9. The molecule has 0 N–H and O–H groups in total. The number of ether oxygens (including phenoxy) is 2. The Labute approximate surface area is 202 Å². The van der Waals surface area contributed by atoms with Gasteiger partial charge in [0.2, 0.25) is 5.91 Å². The zero-order valence-electron chi connectivity index (χ0n) is 19.8. The molecule has 33 heavy (non-hydrogen) atoms. The fraction of sp³-hybridized carbons (Fsp3) is 0.321. The highest BCUT2D eigenvalue weighted by Crippen LogP contribution is 2.35. The zero-order valence-corrected chi connectivity index (χ0v) is 20.5. The van der Waals surface area contributed by atoms with Crippen LogP contribution in [0.1, 0.15) is 49.8 Å². The average molecular weight is 466 g/mol. The molecule has 3 aromatic rings. The van der Waals surface area contributed by atoms with Crippen molar-refractivity contribution >= 4 is 17.5 Å². The van der Waals surface area contributed by atoms with Crippen LogP contribution in [0, 0.1) is 0 Å². The van der Waals surface area contributed by atoms with Crippen molar-refractivity contribution in [2.75, 3.05) is 13.7 Å². The third kappa shape index (κ3) is 7.00. The van der Waals surface area contributed by atoms with Crippen LogP contribution in [0.3, 0.4) is 0 Å². The Morgan fingerprint density at radius 2 is 1.64 bits per heavy atom. The van der Waals surface area contributed by atoms with E-state index in [0.29, 0.717) is 18.1 Å². The van der Waals surface area contributed by atoms with Crippen LogP contribution >= 0.6 is 11.6 Å². The molecule has 0 saturated heterocycles. The van der Waals surface area contributed by atoms with Gasteiger partial charge in [0.15, 0.2) is 0 Å². The highest BCUT2D eigenvalue weighted by molar-refractivity contribution is 6.30. The lowest BCUT2D eigenvalue weighted by atomic mass is 9.87. The quantitative estimate of drug-likeness (QED) is 0.334. The molecule has 174 valence electrons. The van der Waals surface area contributed by atoms with Gasteiger partial charge in [0.1, 0.15) is 11.5 Å². The summed E-state index contributed by atoms with van der Waals surface area (Å²) in [6, 6.07) is 23.9. The lowest BCUT2D eigenvalue weighted by Crippen LogP contribution is -2.30. The lowest BCUT2D eigenvalue weighted by Gasteiger charge is -2.26. The number of halogens is 1. The third-order valence-electron chi connectivity index (χ3n) is 5.59. The molecule has 0 aromatic heterocycles. The molecule has 0 radical (unpaired) electrons. The van der Waals surface area contributed by atoms with Crippen LogP contribution in [0.25, 0.3) is 0 Å². The number of hydrogen-bond acceptors (Lipinski definition) is 3. The average Bonchev–Trinajstić information content (AvgIpc) is 2.80. The van der Waals surface area contributed by atoms with Crippen molar-refractivity contribution in [3.63, 3.8) is 0 Å². The predicted octanol–water partition coefficient (Wildman–Crippen LogP) is 6.71. The predicted molar refractivity (Wildman–Crippen MR) is 134 cm³/mol. The summed E-state index contributed by atoms with van der Waals surface area (Å²) in [5.41, 5.74) is 3.32. The summed E-state index contributed by atoms with van der Waals surface area (Å²) in [6.45, 7) is 6.81. The van der Waals surface area contributed by atoms with E-state index in [1.807, 2.05) is 73.3 Å². The van der Waals surface area contributed by atoms with Crippen LogP contribution < -0.4 is 9.47 Å². The Hall–Kier alpha value is -2.98. The fourth-order valence-corrected chi connectivity index (χ4v) is 4.08. The second-order valence-corrected chi connectivity index (χ2v) is 8.82. The molecular weight excluding hydrogens is 434 g/mol. The van der Waals surface area contributed by atoms with Gasteiger partial charge in [0, 0.05) is 36.5 Å². The first-order valence-corrected chi connectivity index (χ1v) is 11.6. The van der Waals surface area contributed by atoms with E-state index in [-0.39, 0.29) is 17.9 Å². The Morgan fingerprint density at radius 1 is 0.970 bits per heavy atom. The molecule has 1 amide bonds. The molecule has 0 unspecified atom stereocenters.